The molecule has 0 aliphatic carbocycles. The van der Waals surface area contributed by atoms with E-state index in [1.54, 1.807) is 6.07 Å². The summed E-state index contributed by atoms with van der Waals surface area (Å²) >= 11 is 0. The number of hydrogen-bond acceptors (Lipinski definition) is 17. The molecule has 2 saturated heterocycles. The molecule has 5 heterocycles. The zero-order chi connectivity index (χ0) is 31.1. The van der Waals surface area contributed by atoms with Crippen molar-refractivity contribution < 1.29 is 66.6 Å². The Hall–Kier alpha value is -2.90. The Morgan fingerprint density at radius 1 is 1.14 bits per heavy atom. The van der Waals surface area contributed by atoms with Gasteiger partial charge in [-0.2, -0.15) is 4.57 Å². The molecule has 2 unspecified atom stereocenters. The number of hydrogen-bond donors (Lipinski definition) is 5. The van der Waals surface area contributed by atoms with Crippen molar-refractivity contribution in [2.45, 2.75) is 56.0 Å². The summed E-state index contributed by atoms with van der Waals surface area (Å²) in [6, 6.07) is 3.07. The predicted molar refractivity (Wildman–Crippen MR) is 136 cm³/mol. The summed E-state index contributed by atoms with van der Waals surface area (Å²) < 4.78 is 52.2. The van der Waals surface area contributed by atoms with E-state index < -0.39 is 78.4 Å². The minimum absolute atomic E-state index is 0.0819. The van der Waals surface area contributed by atoms with Gasteiger partial charge in [-0.15, -0.1) is 4.52 Å². The number of carbonyl (C=O) groups excluding carboxylic acids is 1. The molecule has 19 nitrogen and oxygen atoms in total. The predicted octanol–water partition coefficient (Wildman–Crippen LogP) is -1.99. The van der Waals surface area contributed by atoms with Crippen LogP contribution in [-0.4, -0.2) is 95.6 Å². The third kappa shape index (κ3) is 6.63. The van der Waals surface area contributed by atoms with Crippen LogP contribution in [0.2, 0.25) is 0 Å². The Morgan fingerprint density at radius 2 is 1.86 bits per heavy atom. The van der Waals surface area contributed by atoms with E-state index in [2.05, 4.69) is 23.8 Å². The monoisotopic (exact) mass is 645 g/mol. The number of ketones is 1. The number of fused-ring (bicyclic) bond motifs is 1. The Labute approximate surface area is 243 Å². The molecule has 43 heavy (non-hydrogen) atoms. The molecule has 21 heteroatoms. The lowest BCUT2D eigenvalue weighted by Gasteiger charge is -2.19. The fraction of sp³-hybridized carbons (Fsp3) is 0.500. The molecule has 232 valence electrons. The van der Waals surface area contributed by atoms with Crippen molar-refractivity contribution in [2.24, 2.45) is 0 Å². The standard InChI is InChI=1S/C22H27N6O13P2/c1-10(29)11-3-2-4-27(5-11)21-17(32)16(31)13(39-21)7-38-43(35,36)41-42(34)37-6-12-15(30)18(33)22(40-12)28-9-26-14-19(23)24-8-25-20(14)28/h2-5,8-9,12-13,15-18,21-22,30-33H,6-7H2,1H3,(H2-,23,24,25,35,36)/q+1/t12-,13+,15-,16+,17+,18-,21+,22-/m1/s1. The number of carbonyl (C=O) groups is 1. The fourth-order valence-corrected chi connectivity index (χ4v) is 6.18. The number of ether oxygens (including phenoxy) is 2. The lowest BCUT2D eigenvalue weighted by atomic mass is 10.1. The summed E-state index contributed by atoms with van der Waals surface area (Å²) in [6.45, 7) is -0.143. The first kappa shape index (κ1) is 31.5. The Morgan fingerprint density at radius 3 is 2.60 bits per heavy atom. The van der Waals surface area contributed by atoms with Crippen molar-refractivity contribution in [1.29, 1.82) is 0 Å². The lowest BCUT2D eigenvalue weighted by molar-refractivity contribution is -0.765. The minimum atomic E-state index is -5.31. The second kappa shape index (κ2) is 12.6. The van der Waals surface area contributed by atoms with Crippen molar-refractivity contribution in [1.82, 2.24) is 19.5 Å². The Balaban J connectivity index is 1.13. The topological polar surface area (TPSA) is 275 Å². The van der Waals surface area contributed by atoms with Crippen molar-refractivity contribution in [3.63, 3.8) is 0 Å². The Bertz CT molecular complexity index is 1560. The number of phosphoric ester groups is 1. The highest BCUT2D eigenvalue weighted by Crippen LogP contribution is 2.49. The van der Waals surface area contributed by atoms with E-state index in [9.17, 15) is 39.2 Å². The van der Waals surface area contributed by atoms with Gasteiger partial charge in [0.25, 0.3) is 6.23 Å². The van der Waals surface area contributed by atoms with Crippen LogP contribution >= 0.6 is 16.1 Å². The van der Waals surface area contributed by atoms with Crippen LogP contribution in [-0.2, 0) is 32.0 Å². The van der Waals surface area contributed by atoms with Gasteiger partial charge in [0.2, 0.25) is 0 Å². The summed E-state index contributed by atoms with van der Waals surface area (Å²) in [5.41, 5.74) is 6.51. The molecule has 0 radical (unpaired) electrons. The highest BCUT2D eigenvalue weighted by molar-refractivity contribution is 7.54. The number of aliphatic hydroxyl groups is 4. The number of nitrogens with two attached hydrogens (primary N) is 1. The van der Waals surface area contributed by atoms with E-state index in [1.807, 2.05) is 0 Å². The van der Waals surface area contributed by atoms with Gasteiger partial charge in [-0.1, -0.05) is 0 Å². The van der Waals surface area contributed by atoms with Gasteiger partial charge in [0.1, 0.15) is 49.0 Å². The number of anilines is 1. The molecule has 2 aliphatic heterocycles. The van der Waals surface area contributed by atoms with Gasteiger partial charge in [0.15, 0.2) is 42.0 Å². The van der Waals surface area contributed by atoms with Gasteiger partial charge in [0, 0.05) is 10.6 Å². The number of phosphoric acid groups is 1. The molecule has 0 spiro atoms. The van der Waals surface area contributed by atoms with E-state index in [4.69, 9.17) is 19.7 Å². The zero-order valence-electron chi connectivity index (χ0n) is 22.2. The van der Waals surface area contributed by atoms with Crippen LogP contribution < -0.4 is 15.2 Å². The van der Waals surface area contributed by atoms with Crippen LogP contribution in [0.3, 0.4) is 0 Å². The number of Topliss-reactive ketones (excluding diaryl/α,β-unsaturated/α-hetero) is 1. The maximum Gasteiger partial charge on any atom is 0.705 e. The third-order valence-electron chi connectivity index (χ3n) is 6.77. The normalized spacial score (nSPS) is 30.9. The highest BCUT2D eigenvalue weighted by atomic mass is 31.2. The molecule has 0 bridgehead atoms. The van der Waals surface area contributed by atoms with Gasteiger partial charge < -0.3 is 45.1 Å². The van der Waals surface area contributed by atoms with Crippen LogP contribution in [0.5, 0.6) is 0 Å². The van der Waals surface area contributed by atoms with Crippen LogP contribution in [0.1, 0.15) is 29.7 Å². The zero-order valence-corrected chi connectivity index (χ0v) is 24.0. The molecule has 5 rings (SSSR count). The average Bonchev–Trinajstić information content (AvgIpc) is 3.61. The summed E-state index contributed by atoms with van der Waals surface area (Å²) in [6.07, 6.45) is -5.82. The fourth-order valence-electron chi connectivity index (χ4n) is 4.55. The molecule has 0 saturated carbocycles. The van der Waals surface area contributed by atoms with Crippen LogP contribution in [0.25, 0.3) is 11.2 Å². The maximum absolute atomic E-state index is 12.3. The number of aliphatic hydroxyl groups excluding tert-OH is 4. The van der Waals surface area contributed by atoms with Crippen LogP contribution in [0, 0.1) is 0 Å². The van der Waals surface area contributed by atoms with E-state index in [0.29, 0.717) is 5.56 Å². The molecule has 0 aromatic carbocycles. The molecule has 2 fully saturated rings. The number of imidazole rings is 1. The first-order chi connectivity index (χ1) is 20.4. The van der Waals surface area contributed by atoms with Crippen molar-refractivity contribution in [3.05, 3.63) is 42.7 Å². The third-order valence-corrected chi connectivity index (χ3v) is 8.92. The Kier molecular flexibility index (Phi) is 9.24. The molecular formula is C22H27N6O13P2+. The molecule has 2 aliphatic rings. The molecular weight excluding hydrogens is 618 g/mol. The summed E-state index contributed by atoms with van der Waals surface area (Å²) in [4.78, 5) is 35.8. The van der Waals surface area contributed by atoms with Gasteiger partial charge in [-0.05, 0) is 17.3 Å². The van der Waals surface area contributed by atoms with Gasteiger partial charge in [-0.25, -0.2) is 15.0 Å². The van der Waals surface area contributed by atoms with E-state index in [0.717, 1.165) is 0 Å². The molecule has 3 aromatic heterocycles. The molecule has 10 atom stereocenters. The van der Waals surface area contributed by atoms with E-state index >= 15 is 0 Å². The van der Waals surface area contributed by atoms with E-state index in [1.165, 1.54) is 47.2 Å². The molecule has 3 aromatic rings. The van der Waals surface area contributed by atoms with Crippen molar-refractivity contribution >= 4 is 38.8 Å². The number of aromatic nitrogens is 5. The van der Waals surface area contributed by atoms with Gasteiger partial charge in [-0.3, -0.25) is 13.9 Å². The molecule has 6 N–H and O–H groups in total. The number of nitrogens with zero attached hydrogens (tertiary/aromatic N) is 5. The first-order valence-electron chi connectivity index (χ1n) is 12.6. The number of rotatable bonds is 11. The second-order valence-corrected chi connectivity index (χ2v) is 12.1. The second-order valence-electron chi connectivity index (χ2n) is 9.62. The van der Waals surface area contributed by atoms with Gasteiger partial charge >= 0.3 is 16.1 Å². The summed E-state index contributed by atoms with van der Waals surface area (Å²) in [7, 11) is -8.68. The smallest absolute Gasteiger partial charge is 0.705 e. The lowest BCUT2D eigenvalue weighted by Crippen LogP contribution is -2.46. The van der Waals surface area contributed by atoms with Crippen LogP contribution in [0.4, 0.5) is 5.82 Å². The summed E-state index contributed by atoms with van der Waals surface area (Å²) in [5, 5.41) is 41.6. The SMILES string of the molecule is CC(=O)c1ccc[n+]([C@H]2O[C@@H](COP(=O)([O-])O[P+](=O)OC[C@H]3O[C@@H](n4cnc5c(N)ncnc54)[C@H](O)[C@@H]3O)[C@H](O)[C@@H]2O)c1. The minimum Gasteiger partial charge on any atom is -0.753 e. The highest BCUT2D eigenvalue weighted by Gasteiger charge is 2.49. The van der Waals surface area contributed by atoms with E-state index in [-0.39, 0.29) is 22.8 Å². The van der Waals surface area contributed by atoms with Crippen LogP contribution in [0.15, 0.2) is 37.2 Å². The van der Waals surface area contributed by atoms with Gasteiger partial charge in [0.05, 0.1) is 18.5 Å². The quantitative estimate of drug-likeness (QED) is 0.0857. The molecule has 0 amide bonds. The number of nitrogen functional groups attached to an aromatic ring is 1. The maximum atomic E-state index is 12.3. The first-order valence-corrected chi connectivity index (χ1v) is 15.2. The van der Waals surface area contributed by atoms with Crippen molar-refractivity contribution in [3.8, 4) is 0 Å². The van der Waals surface area contributed by atoms with Crippen molar-refractivity contribution in [2.75, 3.05) is 18.9 Å². The number of pyridine rings is 1. The largest absolute Gasteiger partial charge is 0.753 e. The average molecular weight is 645 g/mol. The summed E-state index contributed by atoms with van der Waals surface area (Å²) in [5.74, 6) is -0.168.